The van der Waals surface area contributed by atoms with Gasteiger partial charge in [-0.2, -0.15) is 55.7 Å². The molecule has 0 unspecified atom stereocenters. The fraction of sp³-hybridized carbons (Fsp3) is 1.00. The van der Waals surface area contributed by atoms with Gasteiger partial charge in [-0.15, -0.1) is 0 Å². The summed E-state index contributed by atoms with van der Waals surface area (Å²) in [4.78, 5) is 0. The van der Waals surface area contributed by atoms with E-state index in [1.807, 2.05) is 0 Å². The number of hydrogen-bond donors (Lipinski definition) is 0. The van der Waals surface area contributed by atoms with Crippen molar-refractivity contribution in [2.45, 2.75) is 49.2 Å². The highest BCUT2D eigenvalue weighted by atomic mass is 32.2. The minimum absolute atomic E-state index is 0.174. The van der Waals surface area contributed by atoms with E-state index in [9.17, 15) is 43.9 Å². The first-order valence-corrected chi connectivity index (χ1v) is 6.19. The van der Waals surface area contributed by atoms with E-state index in [0.717, 1.165) is 0 Å². The van der Waals surface area contributed by atoms with Gasteiger partial charge in [0.25, 0.3) is 0 Å². The highest BCUT2D eigenvalue weighted by Crippen LogP contribution is 2.46. The lowest BCUT2D eigenvalue weighted by molar-refractivity contribution is -0.294. The molecule has 0 aliphatic carbocycles. The maximum Gasteiger partial charge on any atom is 0.453 e. The topological polar surface area (TPSA) is 0 Å². The van der Waals surface area contributed by atoms with Gasteiger partial charge in [0.05, 0.1) is 0 Å². The molecule has 0 heterocycles. The van der Waals surface area contributed by atoms with Crippen molar-refractivity contribution >= 4 is 11.8 Å². The average molecular weight is 340 g/mol. The van der Waals surface area contributed by atoms with Gasteiger partial charge >= 0.3 is 24.2 Å². The van der Waals surface area contributed by atoms with Gasteiger partial charge in [0, 0.05) is 18.1 Å². The Kier molecular flexibility index (Phi) is 6.08. The smallest absolute Gasteiger partial charge is 0.196 e. The molecule has 0 radical (unpaired) electrons. The Bertz CT molecular complexity index is 277. The van der Waals surface area contributed by atoms with Gasteiger partial charge < -0.3 is 0 Å². The summed E-state index contributed by atoms with van der Waals surface area (Å²) in [7, 11) is 0. The number of alkyl halides is 10. The monoisotopic (exact) mass is 340 g/mol. The van der Waals surface area contributed by atoms with Crippen molar-refractivity contribution in [1.29, 1.82) is 0 Å². The van der Waals surface area contributed by atoms with E-state index in [1.165, 1.54) is 6.92 Å². The Balaban J connectivity index is 5.02. The average Bonchev–Trinajstić information content (AvgIpc) is 2.12. The van der Waals surface area contributed by atoms with E-state index in [0.29, 0.717) is 0 Å². The van der Waals surface area contributed by atoms with Crippen LogP contribution >= 0.6 is 11.8 Å². The second kappa shape index (κ2) is 6.18. The second-order valence-corrected chi connectivity index (χ2v) is 5.47. The highest BCUT2D eigenvalue weighted by Gasteiger charge is 2.61. The van der Waals surface area contributed by atoms with Crippen molar-refractivity contribution in [3.63, 3.8) is 0 Å². The quantitative estimate of drug-likeness (QED) is 0.593. The number of thioether (sulfide) groups is 1. The van der Waals surface area contributed by atoms with Crippen molar-refractivity contribution in [2.24, 2.45) is 0 Å². The third-order valence-corrected chi connectivity index (χ3v) is 3.34. The standard InChI is InChI=1S/C9H10F10S/c1-2-20-5(3-6(10,11)8(14,15)16)4-7(12,13)9(17,18)19/h5H,2-4H2,1H3. The molecule has 0 rings (SSSR count). The molecular weight excluding hydrogens is 330 g/mol. The van der Waals surface area contributed by atoms with Crippen LogP contribution in [0.2, 0.25) is 0 Å². The van der Waals surface area contributed by atoms with Gasteiger partial charge in [-0.1, -0.05) is 6.92 Å². The van der Waals surface area contributed by atoms with Gasteiger partial charge in [0.1, 0.15) is 0 Å². The summed E-state index contributed by atoms with van der Waals surface area (Å²) in [5.74, 6) is -10.8. The maximum absolute atomic E-state index is 12.7. The van der Waals surface area contributed by atoms with E-state index in [-0.39, 0.29) is 17.5 Å². The zero-order valence-electron chi connectivity index (χ0n) is 9.89. The van der Waals surface area contributed by atoms with Gasteiger partial charge in [-0.25, -0.2) is 0 Å². The minimum Gasteiger partial charge on any atom is -0.196 e. The predicted molar refractivity (Wildman–Crippen MR) is 53.2 cm³/mol. The number of halogens is 10. The molecule has 0 aromatic rings. The molecule has 0 nitrogen and oxygen atoms in total. The van der Waals surface area contributed by atoms with Crippen LogP contribution in [0.25, 0.3) is 0 Å². The number of hydrogen-bond acceptors (Lipinski definition) is 1. The zero-order valence-corrected chi connectivity index (χ0v) is 10.7. The molecule has 0 aliphatic rings. The molecule has 20 heavy (non-hydrogen) atoms. The summed E-state index contributed by atoms with van der Waals surface area (Å²) in [6, 6.07) is 0. The Morgan fingerprint density at radius 1 is 0.700 bits per heavy atom. The third kappa shape index (κ3) is 5.21. The van der Waals surface area contributed by atoms with Gasteiger partial charge in [-0.05, 0) is 5.75 Å². The molecule has 0 atom stereocenters. The normalized spacial score (nSPS) is 15.0. The zero-order chi connectivity index (χ0) is 16.4. The Morgan fingerprint density at radius 3 is 1.20 bits per heavy atom. The fourth-order valence-electron chi connectivity index (χ4n) is 1.23. The summed E-state index contributed by atoms with van der Waals surface area (Å²) < 4.78 is 122. The molecule has 0 aliphatic heterocycles. The van der Waals surface area contributed by atoms with Crippen LogP contribution in [0, 0.1) is 0 Å². The Labute approximate surface area is 111 Å². The largest absolute Gasteiger partial charge is 0.453 e. The summed E-state index contributed by atoms with van der Waals surface area (Å²) in [5, 5.41) is -2.17. The molecule has 0 amide bonds. The molecular formula is C9H10F10S. The van der Waals surface area contributed by atoms with Crippen LogP contribution in [0.3, 0.4) is 0 Å². The lowest BCUT2D eigenvalue weighted by Crippen LogP contribution is -2.43. The lowest BCUT2D eigenvalue weighted by Gasteiger charge is -2.28. The Hall–Kier alpha value is -0.350. The van der Waals surface area contributed by atoms with Crippen LogP contribution in [0.4, 0.5) is 43.9 Å². The number of rotatable bonds is 6. The van der Waals surface area contributed by atoms with Crippen molar-refractivity contribution in [3.8, 4) is 0 Å². The van der Waals surface area contributed by atoms with E-state index in [1.54, 1.807) is 0 Å². The molecule has 11 heteroatoms. The van der Waals surface area contributed by atoms with Crippen LogP contribution < -0.4 is 0 Å². The third-order valence-electron chi connectivity index (χ3n) is 2.20. The first-order chi connectivity index (χ1) is 8.64. The van der Waals surface area contributed by atoms with Gasteiger partial charge in [0.15, 0.2) is 0 Å². The molecule has 0 saturated carbocycles. The molecule has 0 saturated heterocycles. The molecule has 0 spiro atoms. The van der Waals surface area contributed by atoms with E-state index in [4.69, 9.17) is 0 Å². The predicted octanol–water partition coefficient (Wildman–Crippen LogP) is 5.28. The van der Waals surface area contributed by atoms with Crippen LogP contribution in [0.5, 0.6) is 0 Å². The maximum atomic E-state index is 12.7. The van der Waals surface area contributed by atoms with Crippen molar-refractivity contribution in [1.82, 2.24) is 0 Å². The lowest BCUT2D eigenvalue weighted by atomic mass is 10.1. The summed E-state index contributed by atoms with van der Waals surface area (Å²) >= 11 is 0.202. The van der Waals surface area contributed by atoms with Crippen LogP contribution in [0.1, 0.15) is 19.8 Å². The molecule has 0 aromatic heterocycles. The van der Waals surface area contributed by atoms with E-state index in [2.05, 4.69) is 0 Å². The van der Waals surface area contributed by atoms with Crippen molar-refractivity contribution < 1.29 is 43.9 Å². The fourth-order valence-corrected chi connectivity index (χ4v) is 2.35. The molecule has 0 fully saturated rings. The molecule has 122 valence electrons. The molecule has 0 aromatic carbocycles. The molecule has 0 bridgehead atoms. The van der Waals surface area contributed by atoms with Crippen LogP contribution in [-0.4, -0.2) is 35.2 Å². The first kappa shape index (κ1) is 19.7. The summed E-state index contributed by atoms with van der Waals surface area (Å²) in [6.45, 7) is 1.25. The summed E-state index contributed by atoms with van der Waals surface area (Å²) in [5.41, 5.74) is 0. The second-order valence-electron chi connectivity index (χ2n) is 3.89. The van der Waals surface area contributed by atoms with Crippen molar-refractivity contribution in [3.05, 3.63) is 0 Å². The highest BCUT2D eigenvalue weighted by molar-refractivity contribution is 7.99. The van der Waals surface area contributed by atoms with E-state index >= 15 is 0 Å². The van der Waals surface area contributed by atoms with Crippen LogP contribution in [0.15, 0.2) is 0 Å². The first-order valence-electron chi connectivity index (χ1n) is 5.14. The summed E-state index contributed by atoms with van der Waals surface area (Å²) in [6.07, 6.45) is -16.2. The van der Waals surface area contributed by atoms with Crippen LogP contribution in [-0.2, 0) is 0 Å². The minimum atomic E-state index is -5.99. The van der Waals surface area contributed by atoms with Gasteiger partial charge in [0.2, 0.25) is 0 Å². The molecule has 0 N–H and O–H groups in total. The SMILES string of the molecule is CCSC(CC(F)(F)C(F)(F)F)CC(F)(F)C(F)(F)F. The Morgan fingerprint density at radius 2 is 1.00 bits per heavy atom. The van der Waals surface area contributed by atoms with E-state index < -0.39 is 42.3 Å². The van der Waals surface area contributed by atoms with Gasteiger partial charge in [-0.3, -0.25) is 0 Å². The van der Waals surface area contributed by atoms with Crippen molar-refractivity contribution in [2.75, 3.05) is 5.75 Å².